The summed E-state index contributed by atoms with van der Waals surface area (Å²) in [5.41, 5.74) is 3.08. The van der Waals surface area contributed by atoms with Crippen molar-refractivity contribution in [2.45, 2.75) is 6.92 Å². The van der Waals surface area contributed by atoms with Crippen molar-refractivity contribution in [2.24, 2.45) is 0 Å². The van der Waals surface area contributed by atoms with E-state index in [1.807, 2.05) is 37.5 Å². The Balaban J connectivity index is 1.56. The second-order valence-corrected chi connectivity index (χ2v) is 6.19. The van der Waals surface area contributed by atoms with Gasteiger partial charge in [0.15, 0.2) is 11.6 Å². The summed E-state index contributed by atoms with van der Waals surface area (Å²) in [5, 5.41) is 5.20. The van der Waals surface area contributed by atoms with E-state index in [1.165, 1.54) is 6.07 Å². The number of carbonyl (C=O) groups excluding carboxylic acids is 1. The Labute approximate surface area is 158 Å². The number of amides is 2. The number of fused-ring (bicyclic) bond motifs is 1. The molecule has 0 saturated carbocycles. The molecule has 0 spiro atoms. The molecule has 8 heteroatoms. The Morgan fingerprint density at radius 3 is 2.71 bits per heavy atom. The number of urea groups is 1. The predicted molar refractivity (Wildman–Crippen MR) is 102 cm³/mol. The minimum Gasteiger partial charge on any atom is -0.308 e. The fraction of sp³-hybridized carbons (Fsp3) is 0.0500. The van der Waals surface area contributed by atoms with Crippen LogP contribution in [0.5, 0.6) is 0 Å². The zero-order valence-corrected chi connectivity index (χ0v) is 14.8. The number of aryl methyl sites for hydroxylation is 1. The monoisotopic (exact) mass is 379 g/mol. The van der Waals surface area contributed by atoms with Gasteiger partial charge in [0.2, 0.25) is 5.78 Å². The van der Waals surface area contributed by atoms with Crippen molar-refractivity contribution in [1.29, 1.82) is 0 Å². The highest BCUT2D eigenvalue weighted by molar-refractivity contribution is 6.00. The number of carbonyl (C=O) groups is 1. The zero-order chi connectivity index (χ0) is 19.7. The highest BCUT2D eigenvalue weighted by Crippen LogP contribution is 2.25. The molecule has 0 aliphatic heterocycles. The molecule has 2 aromatic heterocycles. The SMILES string of the molecule is Cc1ccc(-c2cn3cccnc3n2)cc1NC(=O)Nc1ccc(F)c(F)c1. The van der Waals surface area contributed by atoms with E-state index in [1.54, 1.807) is 16.7 Å². The molecule has 6 nitrogen and oxygen atoms in total. The first-order chi connectivity index (χ1) is 13.5. The van der Waals surface area contributed by atoms with E-state index in [2.05, 4.69) is 20.6 Å². The number of benzene rings is 2. The van der Waals surface area contributed by atoms with Crippen molar-refractivity contribution in [1.82, 2.24) is 14.4 Å². The summed E-state index contributed by atoms with van der Waals surface area (Å²) in [5.74, 6) is -1.43. The van der Waals surface area contributed by atoms with Gasteiger partial charge in [0.05, 0.1) is 5.69 Å². The van der Waals surface area contributed by atoms with Gasteiger partial charge in [-0.2, -0.15) is 0 Å². The highest BCUT2D eigenvalue weighted by atomic mass is 19.2. The number of rotatable bonds is 3. The number of imidazole rings is 1. The van der Waals surface area contributed by atoms with Crippen molar-refractivity contribution in [3.63, 3.8) is 0 Å². The lowest BCUT2D eigenvalue weighted by Crippen LogP contribution is -2.20. The van der Waals surface area contributed by atoms with Gasteiger partial charge < -0.3 is 10.6 Å². The molecule has 2 amide bonds. The van der Waals surface area contributed by atoms with E-state index < -0.39 is 17.7 Å². The molecule has 140 valence electrons. The van der Waals surface area contributed by atoms with Crippen LogP contribution in [0.15, 0.2) is 61.1 Å². The molecular formula is C20H15F2N5O. The number of anilines is 2. The van der Waals surface area contributed by atoms with Crippen molar-refractivity contribution < 1.29 is 13.6 Å². The molecule has 0 saturated heterocycles. The summed E-state index contributed by atoms with van der Waals surface area (Å²) in [7, 11) is 0. The first-order valence-electron chi connectivity index (χ1n) is 8.43. The predicted octanol–water partition coefficient (Wildman–Crippen LogP) is 4.63. The first-order valence-corrected chi connectivity index (χ1v) is 8.43. The first kappa shape index (κ1) is 17.6. The fourth-order valence-electron chi connectivity index (χ4n) is 2.74. The molecular weight excluding hydrogens is 364 g/mol. The lowest BCUT2D eigenvalue weighted by Gasteiger charge is -2.11. The number of halogens is 2. The summed E-state index contributed by atoms with van der Waals surface area (Å²) in [4.78, 5) is 20.9. The third-order valence-electron chi connectivity index (χ3n) is 4.19. The van der Waals surface area contributed by atoms with Gasteiger partial charge in [-0.15, -0.1) is 0 Å². The van der Waals surface area contributed by atoms with Crippen molar-refractivity contribution >= 4 is 23.2 Å². The van der Waals surface area contributed by atoms with E-state index in [9.17, 15) is 13.6 Å². The van der Waals surface area contributed by atoms with Crippen LogP contribution in [0.1, 0.15) is 5.56 Å². The average Bonchev–Trinajstić information content (AvgIpc) is 3.10. The second kappa shape index (κ2) is 7.07. The van der Waals surface area contributed by atoms with Gasteiger partial charge in [0.25, 0.3) is 0 Å². The topological polar surface area (TPSA) is 71.3 Å². The molecule has 0 aliphatic rings. The van der Waals surface area contributed by atoms with Gasteiger partial charge in [-0.05, 0) is 36.8 Å². The van der Waals surface area contributed by atoms with Crippen LogP contribution in [0, 0.1) is 18.6 Å². The number of aromatic nitrogens is 3. The van der Waals surface area contributed by atoms with Crippen LogP contribution in [0.2, 0.25) is 0 Å². The minimum atomic E-state index is -1.03. The molecule has 0 unspecified atom stereocenters. The minimum absolute atomic E-state index is 0.150. The van der Waals surface area contributed by atoms with Gasteiger partial charge in [0, 0.05) is 41.6 Å². The normalized spacial score (nSPS) is 10.8. The summed E-state index contributed by atoms with van der Waals surface area (Å²) >= 11 is 0. The maximum absolute atomic E-state index is 13.3. The average molecular weight is 379 g/mol. The molecule has 4 rings (SSSR count). The Hall–Kier alpha value is -3.81. The van der Waals surface area contributed by atoms with E-state index in [0.717, 1.165) is 23.3 Å². The van der Waals surface area contributed by atoms with E-state index >= 15 is 0 Å². The lowest BCUT2D eigenvalue weighted by molar-refractivity contribution is 0.262. The Kier molecular flexibility index (Phi) is 4.44. The van der Waals surface area contributed by atoms with Crippen LogP contribution in [0.4, 0.5) is 25.0 Å². The lowest BCUT2D eigenvalue weighted by atomic mass is 10.1. The van der Waals surface area contributed by atoms with Crippen LogP contribution in [-0.4, -0.2) is 20.4 Å². The van der Waals surface area contributed by atoms with Crippen LogP contribution in [0.25, 0.3) is 17.0 Å². The van der Waals surface area contributed by atoms with Gasteiger partial charge in [-0.25, -0.2) is 23.5 Å². The Morgan fingerprint density at radius 2 is 1.93 bits per heavy atom. The van der Waals surface area contributed by atoms with Crippen LogP contribution >= 0.6 is 0 Å². The maximum atomic E-state index is 13.3. The summed E-state index contributed by atoms with van der Waals surface area (Å²) in [6.45, 7) is 1.85. The molecule has 0 aliphatic carbocycles. The molecule has 0 atom stereocenters. The molecule has 2 aromatic carbocycles. The molecule has 0 fully saturated rings. The molecule has 4 aromatic rings. The van der Waals surface area contributed by atoms with E-state index in [-0.39, 0.29) is 5.69 Å². The third-order valence-corrected chi connectivity index (χ3v) is 4.19. The largest absolute Gasteiger partial charge is 0.323 e. The molecule has 0 radical (unpaired) electrons. The van der Waals surface area contributed by atoms with Crippen molar-refractivity contribution in [3.8, 4) is 11.3 Å². The fourth-order valence-corrected chi connectivity index (χ4v) is 2.74. The van der Waals surface area contributed by atoms with Crippen molar-refractivity contribution in [3.05, 3.63) is 78.3 Å². The highest BCUT2D eigenvalue weighted by Gasteiger charge is 2.11. The summed E-state index contributed by atoms with van der Waals surface area (Å²) in [6, 6.07) is 9.95. The molecule has 2 heterocycles. The number of hydrogen-bond acceptors (Lipinski definition) is 3. The second-order valence-electron chi connectivity index (χ2n) is 6.19. The number of hydrogen-bond donors (Lipinski definition) is 2. The summed E-state index contributed by atoms with van der Waals surface area (Å²) in [6.07, 6.45) is 5.36. The van der Waals surface area contributed by atoms with Crippen LogP contribution in [0.3, 0.4) is 0 Å². The van der Waals surface area contributed by atoms with Gasteiger partial charge in [0.1, 0.15) is 0 Å². The smallest absolute Gasteiger partial charge is 0.308 e. The Morgan fingerprint density at radius 1 is 1.07 bits per heavy atom. The van der Waals surface area contributed by atoms with Gasteiger partial charge in [-0.1, -0.05) is 12.1 Å². The van der Waals surface area contributed by atoms with Crippen LogP contribution < -0.4 is 10.6 Å². The van der Waals surface area contributed by atoms with Gasteiger partial charge in [-0.3, -0.25) is 4.40 Å². The van der Waals surface area contributed by atoms with E-state index in [0.29, 0.717) is 17.2 Å². The zero-order valence-electron chi connectivity index (χ0n) is 14.8. The summed E-state index contributed by atoms with van der Waals surface area (Å²) < 4.78 is 28.1. The Bertz CT molecular complexity index is 1160. The van der Waals surface area contributed by atoms with Gasteiger partial charge >= 0.3 is 6.03 Å². The third kappa shape index (κ3) is 3.52. The maximum Gasteiger partial charge on any atom is 0.323 e. The van der Waals surface area contributed by atoms with E-state index in [4.69, 9.17) is 0 Å². The standard InChI is InChI=1S/C20H15F2N5O/c1-12-3-4-13(18-11-27-8-2-7-23-19(27)25-18)9-17(12)26-20(28)24-14-5-6-15(21)16(22)10-14/h2-11H,1H3,(H2,24,26,28). The van der Waals surface area contributed by atoms with Crippen LogP contribution in [-0.2, 0) is 0 Å². The van der Waals surface area contributed by atoms with Crippen molar-refractivity contribution in [2.75, 3.05) is 10.6 Å². The molecule has 0 bridgehead atoms. The molecule has 2 N–H and O–H groups in total. The number of nitrogens with zero attached hydrogens (tertiary/aromatic N) is 3. The molecule has 28 heavy (non-hydrogen) atoms. The quantitative estimate of drug-likeness (QED) is 0.545. The number of nitrogens with one attached hydrogen (secondary N) is 2.